The van der Waals surface area contributed by atoms with Gasteiger partial charge < -0.3 is 15.5 Å². The molecule has 74 valence electrons. The summed E-state index contributed by atoms with van der Waals surface area (Å²) < 4.78 is 0. The van der Waals surface area contributed by atoms with Crippen molar-refractivity contribution in [2.45, 2.75) is 5.54 Å². The number of nitrogens with two attached hydrogens (primary N) is 1. The maximum Gasteiger partial charge on any atom is 0.320 e. The molecule has 0 saturated carbocycles. The first-order valence-electron chi connectivity index (χ1n) is 4.50. The van der Waals surface area contributed by atoms with Gasteiger partial charge in [0.25, 0.3) is 0 Å². The van der Waals surface area contributed by atoms with E-state index in [1.165, 1.54) is 0 Å². The topological polar surface area (TPSA) is 52.8 Å². The van der Waals surface area contributed by atoms with Crippen LogP contribution in [0.25, 0.3) is 0 Å². The third kappa shape index (κ3) is 1.04. The van der Waals surface area contributed by atoms with Gasteiger partial charge in [-0.25, -0.2) is 4.79 Å². The van der Waals surface area contributed by atoms with Gasteiger partial charge in [-0.05, 0) is 0 Å². The van der Waals surface area contributed by atoms with Crippen molar-refractivity contribution in [3.63, 3.8) is 0 Å². The highest BCUT2D eigenvalue weighted by Crippen LogP contribution is 2.32. The molecule has 2 N–H and O–H groups in total. The lowest BCUT2D eigenvalue weighted by Crippen LogP contribution is -2.69. The Labute approximate surface area is 78.1 Å². The molecule has 2 saturated heterocycles. The minimum absolute atomic E-state index is 0.0468. The number of nitrogens with zero attached hydrogens (tertiary/aromatic N) is 3. The highest BCUT2D eigenvalue weighted by Gasteiger charge is 2.53. The standard InChI is InChI=1S/C8H16N4O/c1-10-3-8(11(2)7(10)13)4-12(5-8)6-9/h3-6,9H2,1-2H3. The number of carbonyl (C=O) groups excluding carboxylic acids is 1. The van der Waals surface area contributed by atoms with E-state index in [-0.39, 0.29) is 11.6 Å². The van der Waals surface area contributed by atoms with E-state index >= 15 is 0 Å². The van der Waals surface area contributed by atoms with Crippen LogP contribution >= 0.6 is 0 Å². The quantitative estimate of drug-likeness (QED) is 0.566. The lowest BCUT2D eigenvalue weighted by atomic mass is 9.90. The molecule has 13 heavy (non-hydrogen) atoms. The third-order valence-corrected chi connectivity index (χ3v) is 3.15. The van der Waals surface area contributed by atoms with Crippen molar-refractivity contribution in [1.29, 1.82) is 0 Å². The fourth-order valence-corrected chi connectivity index (χ4v) is 2.30. The highest BCUT2D eigenvalue weighted by molar-refractivity contribution is 5.78. The summed E-state index contributed by atoms with van der Waals surface area (Å²) in [6, 6.07) is 0.122. The first-order chi connectivity index (χ1) is 6.09. The number of amides is 2. The summed E-state index contributed by atoms with van der Waals surface area (Å²) in [7, 11) is 3.72. The van der Waals surface area contributed by atoms with Gasteiger partial charge in [-0.15, -0.1) is 0 Å². The zero-order chi connectivity index (χ0) is 9.64. The second kappa shape index (κ2) is 2.59. The molecule has 0 aromatic rings. The zero-order valence-corrected chi connectivity index (χ0v) is 8.16. The van der Waals surface area contributed by atoms with Crippen molar-refractivity contribution in [3.05, 3.63) is 0 Å². The van der Waals surface area contributed by atoms with E-state index in [9.17, 15) is 4.79 Å². The lowest BCUT2D eigenvalue weighted by molar-refractivity contribution is 0.00389. The molecule has 2 heterocycles. The second-order valence-corrected chi connectivity index (χ2v) is 4.09. The molecule has 5 nitrogen and oxygen atoms in total. The Balaban J connectivity index is 2.07. The molecule has 0 aromatic heterocycles. The number of hydrogen-bond acceptors (Lipinski definition) is 3. The molecule has 0 unspecified atom stereocenters. The predicted octanol–water partition coefficient (Wildman–Crippen LogP) is -1.05. The van der Waals surface area contributed by atoms with Crippen LogP contribution in [0.5, 0.6) is 0 Å². The Hall–Kier alpha value is -0.810. The van der Waals surface area contributed by atoms with Crippen molar-refractivity contribution in [1.82, 2.24) is 14.7 Å². The van der Waals surface area contributed by atoms with Crippen LogP contribution in [0.2, 0.25) is 0 Å². The first-order valence-corrected chi connectivity index (χ1v) is 4.50. The average molecular weight is 184 g/mol. The van der Waals surface area contributed by atoms with Gasteiger partial charge in [0.15, 0.2) is 0 Å². The Morgan fingerprint density at radius 2 is 2.00 bits per heavy atom. The second-order valence-electron chi connectivity index (χ2n) is 4.09. The highest BCUT2D eigenvalue weighted by atomic mass is 16.2. The van der Waals surface area contributed by atoms with Crippen LogP contribution in [0.15, 0.2) is 0 Å². The normalized spacial score (nSPS) is 27.2. The van der Waals surface area contributed by atoms with Crippen molar-refractivity contribution in [3.8, 4) is 0 Å². The van der Waals surface area contributed by atoms with E-state index in [4.69, 9.17) is 5.73 Å². The molecule has 2 aliphatic rings. The number of hydrogen-bond donors (Lipinski definition) is 1. The smallest absolute Gasteiger partial charge is 0.320 e. The van der Waals surface area contributed by atoms with Crippen molar-refractivity contribution in [2.75, 3.05) is 40.4 Å². The van der Waals surface area contributed by atoms with Gasteiger partial charge in [-0.3, -0.25) is 4.90 Å². The molecule has 2 fully saturated rings. The molecule has 0 radical (unpaired) electrons. The Morgan fingerprint density at radius 1 is 1.38 bits per heavy atom. The average Bonchev–Trinajstić information content (AvgIpc) is 2.27. The van der Waals surface area contributed by atoms with Gasteiger partial charge in [0.2, 0.25) is 0 Å². The van der Waals surface area contributed by atoms with Crippen LogP contribution in [-0.4, -0.2) is 66.7 Å². The molecule has 0 aliphatic carbocycles. The molecule has 2 aliphatic heterocycles. The number of likely N-dealkylation sites (N-methyl/N-ethyl adjacent to an activating group) is 2. The van der Waals surface area contributed by atoms with Crippen LogP contribution in [0.3, 0.4) is 0 Å². The molecule has 0 atom stereocenters. The van der Waals surface area contributed by atoms with E-state index in [0.29, 0.717) is 6.67 Å². The monoisotopic (exact) mass is 184 g/mol. The SMILES string of the molecule is CN1CC2(CN(CN)C2)N(C)C1=O. The van der Waals surface area contributed by atoms with Gasteiger partial charge >= 0.3 is 6.03 Å². The Morgan fingerprint density at radius 3 is 2.38 bits per heavy atom. The summed E-state index contributed by atoms with van der Waals surface area (Å²) in [6.07, 6.45) is 0. The van der Waals surface area contributed by atoms with E-state index in [0.717, 1.165) is 19.6 Å². The molecule has 2 amide bonds. The van der Waals surface area contributed by atoms with Gasteiger partial charge in [0.05, 0.1) is 5.54 Å². The number of rotatable bonds is 1. The molecular formula is C8H16N4O. The van der Waals surface area contributed by atoms with Crippen LogP contribution in [0, 0.1) is 0 Å². The predicted molar refractivity (Wildman–Crippen MR) is 49.1 cm³/mol. The number of urea groups is 1. The third-order valence-electron chi connectivity index (χ3n) is 3.15. The van der Waals surface area contributed by atoms with E-state index < -0.39 is 0 Å². The van der Waals surface area contributed by atoms with Gasteiger partial charge in [-0.2, -0.15) is 0 Å². The van der Waals surface area contributed by atoms with E-state index in [1.807, 2.05) is 19.0 Å². The molecular weight excluding hydrogens is 168 g/mol. The van der Waals surface area contributed by atoms with Crippen LogP contribution < -0.4 is 5.73 Å². The molecule has 0 aromatic carbocycles. The summed E-state index contributed by atoms with van der Waals surface area (Å²) >= 11 is 0. The minimum Gasteiger partial charge on any atom is -0.325 e. The summed E-state index contributed by atoms with van der Waals surface area (Å²) in [5.74, 6) is 0. The fourth-order valence-electron chi connectivity index (χ4n) is 2.30. The van der Waals surface area contributed by atoms with E-state index in [2.05, 4.69) is 4.90 Å². The largest absolute Gasteiger partial charge is 0.325 e. The van der Waals surface area contributed by atoms with Crippen molar-refractivity contribution < 1.29 is 4.79 Å². The molecule has 5 heteroatoms. The van der Waals surface area contributed by atoms with Crippen LogP contribution in [0.1, 0.15) is 0 Å². The van der Waals surface area contributed by atoms with Gasteiger partial charge in [0, 0.05) is 40.4 Å². The first kappa shape index (κ1) is 8.77. The van der Waals surface area contributed by atoms with Gasteiger partial charge in [-0.1, -0.05) is 0 Å². The summed E-state index contributed by atoms with van der Waals surface area (Å²) in [5.41, 5.74) is 5.56. The molecule has 1 spiro atoms. The minimum atomic E-state index is 0.0468. The van der Waals surface area contributed by atoms with Crippen LogP contribution in [-0.2, 0) is 0 Å². The molecule has 2 rings (SSSR count). The Bertz CT molecular complexity index is 236. The summed E-state index contributed by atoms with van der Waals surface area (Å²) in [4.78, 5) is 17.3. The summed E-state index contributed by atoms with van der Waals surface area (Å²) in [6.45, 7) is 3.25. The number of carbonyl (C=O) groups is 1. The Kier molecular flexibility index (Phi) is 1.75. The van der Waals surface area contributed by atoms with Crippen LogP contribution in [0.4, 0.5) is 4.79 Å². The van der Waals surface area contributed by atoms with Crippen molar-refractivity contribution >= 4 is 6.03 Å². The van der Waals surface area contributed by atoms with Gasteiger partial charge in [0.1, 0.15) is 0 Å². The maximum atomic E-state index is 11.5. The van der Waals surface area contributed by atoms with E-state index in [1.54, 1.807) is 4.90 Å². The molecule has 0 bridgehead atoms. The lowest BCUT2D eigenvalue weighted by Gasteiger charge is -2.50. The zero-order valence-electron chi connectivity index (χ0n) is 8.16. The van der Waals surface area contributed by atoms with Crippen molar-refractivity contribution in [2.24, 2.45) is 5.73 Å². The maximum absolute atomic E-state index is 11.5. The number of likely N-dealkylation sites (tertiary alicyclic amines) is 1. The fraction of sp³-hybridized carbons (Fsp3) is 0.875. The summed E-state index contributed by atoms with van der Waals surface area (Å²) in [5, 5.41) is 0.